The van der Waals surface area contributed by atoms with Crippen LogP contribution in [0.4, 0.5) is 0 Å². The van der Waals surface area contributed by atoms with Crippen molar-refractivity contribution >= 4 is 5.97 Å². The molecular formula is C38H68O4. The second-order valence-electron chi connectivity index (χ2n) is 16.4. The van der Waals surface area contributed by atoms with Crippen LogP contribution in [0.1, 0.15) is 165 Å². The Bertz CT molecular complexity index is 913. The molecule has 3 aliphatic rings. The normalized spacial score (nSPS) is 34.5. The topological polar surface area (TPSA) is 66.8 Å². The first kappa shape index (κ1) is 35.6. The molecule has 0 amide bonds. The lowest BCUT2D eigenvalue weighted by molar-refractivity contribution is -0.147. The number of carbonyl (C=O) groups is 1. The maximum Gasteiger partial charge on any atom is 0.305 e. The third-order valence-electron chi connectivity index (χ3n) is 13.2. The number of rotatable bonds is 15. The van der Waals surface area contributed by atoms with Crippen molar-refractivity contribution in [3.8, 4) is 0 Å². The van der Waals surface area contributed by atoms with Gasteiger partial charge in [0.25, 0.3) is 0 Å². The van der Waals surface area contributed by atoms with Crippen LogP contribution < -0.4 is 0 Å². The Morgan fingerprint density at radius 2 is 1.67 bits per heavy atom. The van der Waals surface area contributed by atoms with Gasteiger partial charge in [-0.3, -0.25) is 4.79 Å². The molecule has 0 aliphatic heterocycles. The van der Waals surface area contributed by atoms with Gasteiger partial charge in [-0.15, -0.1) is 0 Å². The lowest BCUT2D eigenvalue weighted by atomic mass is 9.40. The monoisotopic (exact) mass is 589 g/mol. The molecule has 244 valence electrons. The number of allylic oxidation sites excluding steroid dienone is 2. The van der Waals surface area contributed by atoms with E-state index in [1.165, 1.54) is 63.4 Å². The number of fused-ring (bicyclic) bond motifs is 3. The zero-order valence-corrected chi connectivity index (χ0v) is 29.1. The molecule has 0 heterocycles. The van der Waals surface area contributed by atoms with Crippen LogP contribution in [-0.4, -0.2) is 34.5 Å². The van der Waals surface area contributed by atoms with Crippen LogP contribution in [0, 0.1) is 39.9 Å². The molecule has 42 heavy (non-hydrogen) atoms. The molecular weight excluding hydrogens is 520 g/mol. The summed E-state index contributed by atoms with van der Waals surface area (Å²) < 4.78 is 5.72. The molecule has 0 aromatic heterocycles. The van der Waals surface area contributed by atoms with Crippen LogP contribution in [0.3, 0.4) is 0 Å². The van der Waals surface area contributed by atoms with E-state index in [4.69, 9.17) is 4.74 Å². The van der Waals surface area contributed by atoms with E-state index < -0.39 is 11.7 Å². The van der Waals surface area contributed by atoms with E-state index in [0.29, 0.717) is 54.0 Å². The number of aliphatic hydroxyl groups excluding tert-OH is 1. The lowest BCUT2D eigenvalue weighted by Gasteiger charge is -2.65. The first-order valence-electron chi connectivity index (χ1n) is 17.8. The first-order chi connectivity index (χ1) is 19.6. The smallest absolute Gasteiger partial charge is 0.305 e. The molecule has 4 heteroatoms. The van der Waals surface area contributed by atoms with Crippen molar-refractivity contribution in [2.45, 2.75) is 177 Å². The molecule has 8 atom stereocenters. The second kappa shape index (κ2) is 14.5. The van der Waals surface area contributed by atoms with E-state index in [1.54, 1.807) is 19.4 Å². The van der Waals surface area contributed by atoms with Crippen molar-refractivity contribution < 1.29 is 19.7 Å². The summed E-state index contributed by atoms with van der Waals surface area (Å²) in [5.41, 5.74) is 3.08. The highest BCUT2D eigenvalue weighted by atomic mass is 16.5. The van der Waals surface area contributed by atoms with Crippen molar-refractivity contribution in [2.75, 3.05) is 6.61 Å². The summed E-state index contributed by atoms with van der Waals surface area (Å²) in [4.78, 5) is 12.4. The molecule has 0 bridgehead atoms. The number of esters is 1. The summed E-state index contributed by atoms with van der Waals surface area (Å²) in [5.74, 6) is 2.50. The third kappa shape index (κ3) is 7.49. The number of hydrogen-bond acceptors (Lipinski definition) is 4. The van der Waals surface area contributed by atoms with Gasteiger partial charge >= 0.3 is 5.97 Å². The molecule has 0 unspecified atom stereocenters. The molecule has 3 fully saturated rings. The molecule has 3 saturated carbocycles. The average molecular weight is 589 g/mol. The van der Waals surface area contributed by atoms with Gasteiger partial charge in [0.05, 0.1) is 18.3 Å². The molecule has 3 rings (SSSR count). The van der Waals surface area contributed by atoms with Gasteiger partial charge in [-0.05, 0) is 138 Å². The summed E-state index contributed by atoms with van der Waals surface area (Å²) >= 11 is 0. The van der Waals surface area contributed by atoms with Gasteiger partial charge in [-0.25, -0.2) is 0 Å². The van der Waals surface area contributed by atoms with Crippen LogP contribution in [0.5, 0.6) is 0 Å². The first-order valence-corrected chi connectivity index (χ1v) is 17.8. The fourth-order valence-electron chi connectivity index (χ4n) is 10.3. The fourth-order valence-corrected chi connectivity index (χ4v) is 10.3. The predicted octanol–water partition coefficient (Wildman–Crippen LogP) is 9.80. The highest BCUT2D eigenvalue weighted by Crippen LogP contribution is 2.74. The van der Waals surface area contributed by atoms with Gasteiger partial charge in [0.2, 0.25) is 0 Å². The Morgan fingerprint density at radius 1 is 0.976 bits per heavy atom. The SMILES string of the molecule is CCCCCCCC(=O)OCCC[C@@H]1C(=C(C)C)CC[C@H]2[C@@]1(C)CC[C@@]1(C)[C@H]([C@@H](C)CC[C@H](O)C(C)(C)O)CC[C@]21C. The van der Waals surface area contributed by atoms with Crippen molar-refractivity contribution in [3.05, 3.63) is 11.1 Å². The third-order valence-corrected chi connectivity index (χ3v) is 13.2. The predicted molar refractivity (Wildman–Crippen MR) is 175 cm³/mol. The van der Waals surface area contributed by atoms with Crippen molar-refractivity contribution in [3.63, 3.8) is 0 Å². The minimum Gasteiger partial charge on any atom is -0.466 e. The Hall–Kier alpha value is -0.870. The van der Waals surface area contributed by atoms with Crippen LogP contribution in [0.25, 0.3) is 0 Å². The highest BCUT2D eigenvalue weighted by Gasteiger charge is 2.66. The Kier molecular flexibility index (Phi) is 12.3. The van der Waals surface area contributed by atoms with Gasteiger partial charge in [-0.2, -0.15) is 0 Å². The van der Waals surface area contributed by atoms with Crippen LogP contribution in [0.15, 0.2) is 11.1 Å². The van der Waals surface area contributed by atoms with Crippen LogP contribution >= 0.6 is 0 Å². The number of aliphatic hydroxyl groups is 2. The van der Waals surface area contributed by atoms with Gasteiger partial charge in [0, 0.05) is 6.42 Å². The van der Waals surface area contributed by atoms with Crippen LogP contribution in [0.2, 0.25) is 0 Å². The molecule has 3 aliphatic carbocycles. The molecule has 0 aromatic rings. The van der Waals surface area contributed by atoms with Gasteiger partial charge in [0.15, 0.2) is 0 Å². The van der Waals surface area contributed by atoms with Crippen molar-refractivity contribution in [1.29, 1.82) is 0 Å². The molecule has 4 nitrogen and oxygen atoms in total. The average Bonchev–Trinajstić information content (AvgIpc) is 3.19. The summed E-state index contributed by atoms with van der Waals surface area (Å²) in [7, 11) is 0. The zero-order chi connectivity index (χ0) is 31.3. The zero-order valence-electron chi connectivity index (χ0n) is 29.1. The van der Waals surface area contributed by atoms with Crippen molar-refractivity contribution in [1.82, 2.24) is 0 Å². The Morgan fingerprint density at radius 3 is 2.31 bits per heavy atom. The molecule has 2 N–H and O–H groups in total. The summed E-state index contributed by atoms with van der Waals surface area (Å²) in [6, 6.07) is 0. The number of ether oxygens (including phenoxy) is 1. The van der Waals surface area contributed by atoms with Crippen molar-refractivity contribution in [2.24, 2.45) is 39.9 Å². The largest absolute Gasteiger partial charge is 0.466 e. The molecule has 0 spiro atoms. The van der Waals surface area contributed by atoms with Gasteiger partial charge in [0.1, 0.15) is 0 Å². The second-order valence-corrected chi connectivity index (χ2v) is 16.4. The fraction of sp³-hybridized carbons (Fsp3) is 0.921. The van der Waals surface area contributed by atoms with Gasteiger partial charge < -0.3 is 14.9 Å². The van der Waals surface area contributed by atoms with E-state index in [-0.39, 0.29) is 11.4 Å². The number of carbonyl (C=O) groups excluding carboxylic acids is 1. The van der Waals surface area contributed by atoms with Crippen LogP contribution in [-0.2, 0) is 9.53 Å². The van der Waals surface area contributed by atoms with E-state index in [0.717, 1.165) is 32.1 Å². The maximum atomic E-state index is 12.4. The minimum absolute atomic E-state index is 0.0104. The molecule has 0 saturated heterocycles. The van der Waals surface area contributed by atoms with E-state index in [9.17, 15) is 15.0 Å². The minimum atomic E-state index is -1.03. The Balaban J connectivity index is 1.67. The summed E-state index contributed by atoms with van der Waals surface area (Å²) in [6.45, 7) is 21.1. The quantitative estimate of drug-likeness (QED) is 0.113. The maximum absolute atomic E-state index is 12.4. The standard InChI is InChI=1S/C38H68O4/c1-10-11-12-13-14-17-34(40)42-26-15-16-31-29(27(2)3)19-20-32-36(31,7)24-25-37(8)30(22-23-38(32,37)9)28(4)18-21-33(39)35(5,6)41/h28,30-33,39,41H,10-26H2,1-9H3/t28-,30-,31+,32-,33-,36-,37-,38+/m0/s1. The Labute approximate surface area is 259 Å². The number of unbranched alkanes of at least 4 members (excludes halogenated alkanes) is 4. The van der Waals surface area contributed by atoms with E-state index in [2.05, 4.69) is 48.5 Å². The van der Waals surface area contributed by atoms with E-state index in [1.807, 2.05) is 0 Å². The van der Waals surface area contributed by atoms with E-state index >= 15 is 0 Å². The summed E-state index contributed by atoms with van der Waals surface area (Å²) in [5, 5.41) is 20.8. The molecule has 0 aromatic carbocycles. The summed E-state index contributed by atoms with van der Waals surface area (Å²) in [6.07, 6.45) is 17.1. The number of hydrogen-bond donors (Lipinski definition) is 2. The highest BCUT2D eigenvalue weighted by molar-refractivity contribution is 5.69. The van der Waals surface area contributed by atoms with Gasteiger partial charge in [-0.1, -0.05) is 71.4 Å². The lowest BCUT2D eigenvalue weighted by Crippen LogP contribution is -2.57. The molecule has 0 radical (unpaired) electrons.